The summed E-state index contributed by atoms with van der Waals surface area (Å²) in [6.45, 7) is 0.264. The van der Waals surface area contributed by atoms with Crippen molar-refractivity contribution in [2.75, 3.05) is 25.5 Å². The highest BCUT2D eigenvalue weighted by Crippen LogP contribution is 2.30. The number of hydrogen-bond acceptors (Lipinski definition) is 6. The Balaban J connectivity index is 1.31. The van der Waals surface area contributed by atoms with Crippen molar-refractivity contribution >= 4 is 23.5 Å². The molecule has 2 heterocycles. The Morgan fingerprint density at radius 2 is 1.94 bits per heavy atom. The van der Waals surface area contributed by atoms with E-state index in [2.05, 4.69) is 25.5 Å². The molecular formula is C26H24N6O2. The number of H-pyrrole nitrogens is 1. The van der Waals surface area contributed by atoms with Crippen LogP contribution in [-0.2, 0) is 11.2 Å². The van der Waals surface area contributed by atoms with E-state index in [4.69, 9.17) is 5.11 Å². The third-order valence-corrected chi connectivity index (χ3v) is 5.81. The normalized spacial score (nSPS) is 12.2. The van der Waals surface area contributed by atoms with Crippen LogP contribution in [0.5, 0.6) is 0 Å². The minimum Gasteiger partial charge on any atom is -0.395 e. The van der Waals surface area contributed by atoms with Crippen LogP contribution in [0.3, 0.4) is 0 Å². The fourth-order valence-electron chi connectivity index (χ4n) is 3.99. The van der Waals surface area contributed by atoms with Gasteiger partial charge in [0.2, 0.25) is 5.91 Å². The number of nitrogens with zero attached hydrogens (tertiary/aromatic N) is 4. The van der Waals surface area contributed by atoms with Gasteiger partial charge in [0.05, 0.1) is 12.8 Å². The van der Waals surface area contributed by atoms with E-state index in [-0.39, 0.29) is 12.5 Å². The number of benzene rings is 2. The number of carbonyl (C=O) groups is 1. The van der Waals surface area contributed by atoms with Crippen molar-refractivity contribution in [1.29, 1.82) is 0 Å². The van der Waals surface area contributed by atoms with Gasteiger partial charge in [0.25, 0.3) is 0 Å². The number of aromatic nitrogens is 4. The van der Waals surface area contributed by atoms with Gasteiger partial charge >= 0.3 is 0 Å². The van der Waals surface area contributed by atoms with Gasteiger partial charge in [-0.05, 0) is 47.0 Å². The molecule has 0 saturated carbocycles. The van der Waals surface area contributed by atoms with Crippen molar-refractivity contribution in [2.45, 2.75) is 6.42 Å². The quantitative estimate of drug-likeness (QED) is 0.395. The number of nitrogens with one attached hydrogen (secondary N) is 2. The minimum atomic E-state index is -0.0620. The maximum Gasteiger partial charge on any atom is 0.249 e. The number of hydrogen-bond donors (Lipinski definition) is 3. The third-order valence-electron chi connectivity index (χ3n) is 5.81. The van der Waals surface area contributed by atoms with E-state index in [0.29, 0.717) is 24.6 Å². The molecule has 2 aromatic carbocycles. The number of amides is 1. The maximum absolute atomic E-state index is 12.6. The Bertz CT molecular complexity index is 1350. The predicted octanol–water partition coefficient (Wildman–Crippen LogP) is 3.67. The highest BCUT2D eigenvalue weighted by atomic mass is 16.3. The summed E-state index contributed by atoms with van der Waals surface area (Å²) in [5.74, 6) is 1.24. The zero-order valence-electron chi connectivity index (χ0n) is 18.7. The van der Waals surface area contributed by atoms with Crippen molar-refractivity contribution < 1.29 is 9.90 Å². The van der Waals surface area contributed by atoms with Crippen LogP contribution in [-0.4, -0.2) is 56.3 Å². The van der Waals surface area contributed by atoms with Gasteiger partial charge in [0.15, 0.2) is 5.82 Å². The van der Waals surface area contributed by atoms with Crippen LogP contribution in [0.4, 0.5) is 11.5 Å². The standard InChI is InChI=1S/C26H24N6O2/c1-32(10-11-33)26(34)21-12-18-2-3-19(13-20(18)14-21)25-27-9-8-24(31-25)30-23-6-4-17(5-7-23)22-15-28-29-16-22/h2-9,12-13,15-16,33H,10-11,14H2,1H3,(H,28,29)(H,27,30,31). The zero-order valence-corrected chi connectivity index (χ0v) is 18.7. The average molecular weight is 453 g/mol. The van der Waals surface area contributed by atoms with Crippen LogP contribution in [0, 0.1) is 0 Å². The number of rotatable bonds is 7. The van der Waals surface area contributed by atoms with Gasteiger partial charge in [-0.15, -0.1) is 0 Å². The Kier molecular flexibility index (Phi) is 5.88. The Morgan fingerprint density at radius 3 is 2.71 bits per heavy atom. The summed E-state index contributed by atoms with van der Waals surface area (Å²) in [7, 11) is 1.70. The second kappa shape index (κ2) is 9.29. The molecule has 0 radical (unpaired) electrons. The van der Waals surface area contributed by atoms with Crippen LogP contribution >= 0.6 is 0 Å². The van der Waals surface area contributed by atoms with Crippen molar-refractivity contribution in [3.05, 3.63) is 83.8 Å². The number of fused-ring (bicyclic) bond motifs is 1. The van der Waals surface area contributed by atoms with Crippen molar-refractivity contribution in [3.63, 3.8) is 0 Å². The SMILES string of the molecule is CN(CCO)C(=O)C1=Cc2ccc(-c3nccc(Nc4ccc(-c5cn[nH]c5)cc4)n3)cc2C1. The van der Waals surface area contributed by atoms with Crippen LogP contribution in [0.1, 0.15) is 11.1 Å². The Hall–Kier alpha value is -4.30. The predicted molar refractivity (Wildman–Crippen MR) is 131 cm³/mol. The van der Waals surface area contributed by atoms with E-state index < -0.39 is 0 Å². The largest absolute Gasteiger partial charge is 0.395 e. The summed E-state index contributed by atoms with van der Waals surface area (Å²) in [6, 6.07) is 15.9. The molecule has 2 aromatic heterocycles. The lowest BCUT2D eigenvalue weighted by molar-refractivity contribution is -0.126. The van der Waals surface area contributed by atoms with Gasteiger partial charge in [0.1, 0.15) is 5.82 Å². The number of likely N-dealkylation sites (N-methyl/N-ethyl adjacent to an activating group) is 1. The number of aliphatic hydroxyl groups excluding tert-OH is 1. The zero-order chi connectivity index (χ0) is 23.5. The second-order valence-electron chi connectivity index (χ2n) is 8.17. The van der Waals surface area contributed by atoms with Gasteiger partial charge in [-0.25, -0.2) is 9.97 Å². The number of anilines is 2. The molecule has 5 rings (SSSR count). The van der Waals surface area contributed by atoms with Crippen molar-refractivity contribution in [1.82, 2.24) is 25.1 Å². The highest BCUT2D eigenvalue weighted by Gasteiger charge is 2.21. The monoisotopic (exact) mass is 452 g/mol. The van der Waals surface area contributed by atoms with E-state index in [1.54, 1.807) is 24.3 Å². The van der Waals surface area contributed by atoms with E-state index in [1.807, 2.05) is 60.8 Å². The molecule has 4 aromatic rings. The first-order valence-electron chi connectivity index (χ1n) is 11.0. The topological polar surface area (TPSA) is 107 Å². The van der Waals surface area contributed by atoms with Gasteiger partial charge in [0, 0.05) is 54.8 Å². The maximum atomic E-state index is 12.6. The number of aromatic amines is 1. The first-order valence-corrected chi connectivity index (χ1v) is 11.0. The molecule has 0 bridgehead atoms. The smallest absolute Gasteiger partial charge is 0.249 e. The molecule has 170 valence electrons. The molecular weight excluding hydrogens is 428 g/mol. The lowest BCUT2D eigenvalue weighted by Crippen LogP contribution is -2.30. The Labute approximate surface area is 197 Å². The van der Waals surface area contributed by atoms with Crippen molar-refractivity contribution in [3.8, 4) is 22.5 Å². The summed E-state index contributed by atoms with van der Waals surface area (Å²) in [4.78, 5) is 23.2. The second-order valence-corrected chi connectivity index (χ2v) is 8.17. The molecule has 8 heteroatoms. The number of aliphatic hydroxyl groups is 1. The van der Waals surface area contributed by atoms with Crippen molar-refractivity contribution in [2.24, 2.45) is 0 Å². The molecule has 3 N–H and O–H groups in total. The lowest BCUT2D eigenvalue weighted by Gasteiger charge is -2.16. The van der Waals surface area contributed by atoms with Gasteiger partial charge in [-0.1, -0.05) is 24.3 Å². The van der Waals surface area contributed by atoms with Gasteiger partial charge < -0.3 is 15.3 Å². The highest BCUT2D eigenvalue weighted by molar-refractivity contribution is 6.00. The van der Waals surface area contributed by atoms with Crippen LogP contribution < -0.4 is 5.32 Å². The van der Waals surface area contributed by atoms with Crippen LogP contribution in [0.2, 0.25) is 0 Å². The Morgan fingerprint density at radius 1 is 1.12 bits per heavy atom. The molecule has 8 nitrogen and oxygen atoms in total. The first-order chi connectivity index (χ1) is 16.6. The van der Waals surface area contributed by atoms with E-state index in [9.17, 15) is 4.79 Å². The average Bonchev–Trinajstić information content (AvgIpc) is 3.54. The van der Waals surface area contributed by atoms with E-state index >= 15 is 0 Å². The molecule has 1 amide bonds. The lowest BCUT2D eigenvalue weighted by atomic mass is 10.0. The fraction of sp³-hybridized carbons (Fsp3) is 0.154. The summed E-state index contributed by atoms with van der Waals surface area (Å²) < 4.78 is 0. The fourth-order valence-corrected chi connectivity index (χ4v) is 3.99. The summed E-state index contributed by atoms with van der Waals surface area (Å²) in [6.07, 6.45) is 7.85. The van der Waals surface area contributed by atoms with Gasteiger partial charge in [-0.2, -0.15) is 5.10 Å². The van der Waals surface area contributed by atoms with E-state index in [1.165, 1.54) is 0 Å². The summed E-state index contributed by atoms with van der Waals surface area (Å²) >= 11 is 0. The number of carbonyl (C=O) groups excluding carboxylic acids is 1. The molecule has 1 aliphatic rings. The van der Waals surface area contributed by atoms with Gasteiger partial charge in [-0.3, -0.25) is 9.89 Å². The molecule has 0 saturated heterocycles. The third kappa shape index (κ3) is 4.44. The molecule has 0 aliphatic heterocycles. The first kappa shape index (κ1) is 21.5. The molecule has 0 fully saturated rings. The molecule has 0 spiro atoms. The van der Waals surface area contributed by atoms with E-state index in [0.717, 1.165) is 39.1 Å². The molecule has 0 atom stereocenters. The molecule has 0 unspecified atom stereocenters. The van der Waals surface area contributed by atoms with Crippen LogP contribution in [0.25, 0.3) is 28.6 Å². The van der Waals surface area contributed by atoms with Crippen LogP contribution in [0.15, 0.2) is 72.7 Å². The summed E-state index contributed by atoms with van der Waals surface area (Å²) in [5.41, 5.74) is 6.74. The molecule has 1 aliphatic carbocycles. The molecule has 34 heavy (non-hydrogen) atoms. The summed E-state index contributed by atoms with van der Waals surface area (Å²) in [5, 5.41) is 19.2. The minimum absolute atomic E-state index is 0.0527.